The van der Waals surface area contributed by atoms with E-state index in [0.717, 1.165) is 23.6 Å². The number of hydrogen-bond acceptors (Lipinski definition) is 3. The molecular formula is C12H20N4. The highest BCUT2D eigenvalue weighted by Crippen LogP contribution is 2.38. The molecule has 0 amide bonds. The molecular weight excluding hydrogens is 200 g/mol. The maximum atomic E-state index is 4.31. The van der Waals surface area contributed by atoms with E-state index in [9.17, 15) is 0 Å². The molecule has 4 nitrogen and oxygen atoms in total. The minimum absolute atomic E-state index is 0.430. The highest BCUT2D eigenvalue weighted by atomic mass is 15.3. The molecule has 0 radical (unpaired) electrons. The summed E-state index contributed by atoms with van der Waals surface area (Å²) in [4.78, 5) is 0. The van der Waals surface area contributed by atoms with Crippen LogP contribution < -0.4 is 5.32 Å². The Labute approximate surface area is 96.4 Å². The molecule has 2 aliphatic rings. The van der Waals surface area contributed by atoms with Crippen LogP contribution in [-0.4, -0.2) is 20.8 Å². The van der Waals surface area contributed by atoms with Gasteiger partial charge in [0.1, 0.15) is 11.6 Å². The number of nitrogens with zero attached hydrogens (tertiary/aromatic N) is 3. The molecule has 3 atom stereocenters. The van der Waals surface area contributed by atoms with Gasteiger partial charge < -0.3 is 9.88 Å². The Kier molecular flexibility index (Phi) is 2.46. The predicted molar refractivity (Wildman–Crippen MR) is 62.0 cm³/mol. The van der Waals surface area contributed by atoms with Crippen LogP contribution in [0, 0.1) is 12.8 Å². The summed E-state index contributed by atoms with van der Waals surface area (Å²) in [5.74, 6) is 2.99. The molecule has 2 heterocycles. The highest BCUT2D eigenvalue weighted by molar-refractivity contribution is 5.05. The van der Waals surface area contributed by atoms with Crippen LogP contribution in [0.5, 0.6) is 0 Å². The van der Waals surface area contributed by atoms with E-state index in [-0.39, 0.29) is 0 Å². The molecule has 1 aliphatic heterocycles. The molecule has 1 saturated heterocycles. The van der Waals surface area contributed by atoms with Gasteiger partial charge in [-0.1, -0.05) is 12.8 Å². The molecule has 16 heavy (non-hydrogen) atoms. The average molecular weight is 220 g/mol. The van der Waals surface area contributed by atoms with Crippen LogP contribution in [0.4, 0.5) is 0 Å². The third kappa shape index (κ3) is 1.56. The molecule has 0 bridgehead atoms. The van der Waals surface area contributed by atoms with Crippen LogP contribution >= 0.6 is 0 Å². The van der Waals surface area contributed by atoms with Crippen molar-refractivity contribution < 1.29 is 0 Å². The van der Waals surface area contributed by atoms with Crippen LogP contribution in [-0.2, 0) is 7.05 Å². The smallest absolute Gasteiger partial charge is 0.149 e. The maximum absolute atomic E-state index is 4.31. The van der Waals surface area contributed by atoms with Crippen LogP contribution in [0.2, 0.25) is 0 Å². The van der Waals surface area contributed by atoms with Crippen molar-refractivity contribution >= 4 is 0 Å². The van der Waals surface area contributed by atoms with Crippen molar-refractivity contribution in [2.24, 2.45) is 13.0 Å². The first-order chi connectivity index (χ1) is 7.75. The van der Waals surface area contributed by atoms with Crippen LogP contribution in [0.1, 0.15) is 49.8 Å². The van der Waals surface area contributed by atoms with Crippen molar-refractivity contribution in [2.75, 3.05) is 0 Å². The van der Waals surface area contributed by atoms with Gasteiger partial charge in [-0.15, -0.1) is 10.2 Å². The minimum Gasteiger partial charge on any atom is -0.317 e. The van der Waals surface area contributed by atoms with Gasteiger partial charge in [-0.25, -0.2) is 0 Å². The molecule has 0 aromatic carbocycles. The normalized spacial score (nSPS) is 34.0. The second-order valence-electron chi connectivity index (χ2n) is 5.27. The summed E-state index contributed by atoms with van der Waals surface area (Å²) in [7, 11) is 2.06. The second-order valence-corrected chi connectivity index (χ2v) is 5.27. The van der Waals surface area contributed by atoms with Crippen molar-refractivity contribution in [1.82, 2.24) is 20.1 Å². The molecule has 1 aromatic heterocycles. The first kappa shape index (κ1) is 10.3. The lowest BCUT2D eigenvalue weighted by Gasteiger charge is -2.24. The van der Waals surface area contributed by atoms with Gasteiger partial charge in [-0.2, -0.15) is 0 Å². The number of aryl methyl sites for hydroxylation is 1. The van der Waals surface area contributed by atoms with Crippen LogP contribution in [0.25, 0.3) is 0 Å². The zero-order valence-electron chi connectivity index (χ0n) is 10.1. The zero-order chi connectivity index (χ0) is 11.1. The Bertz CT molecular complexity index is 370. The van der Waals surface area contributed by atoms with E-state index in [0.29, 0.717) is 6.04 Å². The Morgan fingerprint density at radius 3 is 2.75 bits per heavy atom. The van der Waals surface area contributed by atoms with Crippen molar-refractivity contribution in [1.29, 1.82) is 0 Å². The van der Waals surface area contributed by atoms with Gasteiger partial charge in [-0.3, -0.25) is 0 Å². The van der Waals surface area contributed by atoms with E-state index in [1.807, 2.05) is 6.92 Å². The van der Waals surface area contributed by atoms with Crippen molar-refractivity contribution in [3.8, 4) is 0 Å². The summed E-state index contributed by atoms with van der Waals surface area (Å²) in [6.07, 6.45) is 6.78. The van der Waals surface area contributed by atoms with Crippen LogP contribution in [0.15, 0.2) is 0 Å². The quantitative estimate of drug-likeness (QED) is 0.783. The van der Waals surface area contributed by atoms with Crippen molar-refractivity contribution in [2.45, 2.75) is 51.1 Å². The van der Waals surface area contributed by atoms with Gasteiger partial charge in [0.05, 0.1) is 6.04 Å². The van der Waals surface area contributed by atoms with Gasteiger partial charge in [0, 0.05) is 13.1 Å². The monoisotopic (exact) mass is 220 g/mol. The third-order valence-electron chi connectivity index (χ3n) is 4.30. The summed E-state index contributed by atoms with van der Waals surface area (Å²) in [5, 5.41) is 12.2. The summed E-state index contributed by atoms with van der Waals surface area (Å²) < 4.78 is 2.12. The van der Waals surface area contributed by atoms with Crippen LogP contribution in [0.3, 0.4) is 0 Å². The Morgan fingerprint density at radius 2 is 2.06 bits per heavy atom. The van der Waals surface area contributed by atoms with Gasteiger partial charge in [0.2, 0.25) is 0 Å². The topological polar surface area (TPSA) is 42.7 Å². The van der Waals surface area contributed by atoms with E-state index < -0.39 is 0 Å². The van der Waals surface area contributed by atoms with Gasteiger partial charge in [0.25, 0.3) is 0 Å². The lowest BCUT2D eigenvalue weighted by Crippen LogP contribution is -2.31. The molecule has 1 saturated carbocycles. The fraction of sp³-hybridized carbons (Fsp3) is 0.833. The molecule has 1 aromatic rings. The lowest BCUT2D eigenvalue weighted by atomic mass is 9.85. The van der Waals surface area contributed by atoms with E-state index in [4.69, 9.17) is 0 Å². The van der Waals surface area contributed by atoms with Gasteiger partial charge in [0.15, 0.2) is 0 Å². The fourth-order valence-corrected chi connectivity index (χ4v) is 3.25. The molecule has 3 unspecified atom stereocenters. The molecule has 3 rings (SSSR count). The number of aromatic nitrogens is 3. The summed E-state index contributed by atoms with van der Waals surface area (Å²) in [5.41, 5.74) is 0. The number of nitrogens with one attached hydrogen (secondary N) is 1. The maximum Gasteiger partial charge on any atom is 0.149 e. The van der Waals surface area contributed by atoms with E-state index in [1.165, 1.54) is 32.1 Å². The van der Waals surface area contributed by atoms with Gasteiger partial charge >= 0.3 is 0 Å². The molecule has 1 N–H and O–H groups in total. The lowest BCUT2D eigenvalue weighted by molar-refractivity contribution is 0.325. The largest absolute Gasteiger partial charge is 0.317 e. The Hall–Kier alpha value is -0.900. The molecule has 88 valence electrons. The molecule has 1 aliphatic carbocycles. The summed E-state index contributed by atoms with van der Waals surface area (Å²) in [6, 6.07) is 1.16. The van der Waals surface area contributed by atoms with Gasteiger partial charge in [-0.05, 0) is 32.1 Å². The first-order valence-corrected chi connectivity index (χ1v) is 6.37. The number of fused-ring (bicyclic) bond motifs is 1. The molecule has 2 fully saturated rings. The number of hydrogen-bond donors (Lipinski definition) is 1. The zero-order valence-corrected chi connectivity index (χ0v) is 10.1. The minimum atomic E-state index is 0.430. The second kappa shape index (κ2) is 3.84. The van der Waals surface area contributed by atoms with Crippen molar-refractivity contribution in [3.05, 3.63) is 11.6 Å². The van der Waals surface area contributed by atoms with E-state index in [2.05, 4.69) is 27.1 Å². The third-order valence-corrected chi connectivity index (χ3v) is 4.30. The SMILES string of the molecule is Cc1nnc(C2CC3CCCCC3N2)n1C. The first-order valence-electron chi connectivity index (χ1n) is 6.37. The Morgan fingerprint density at radius 1 is 1.25 bits per heavy atom. The molecule has 4 heteroatoms. The van der Waals surface area contributed by atoms with E-state index in [1.54, 1.807) is 0 Å². The predicted octanol–water partition coefficient (Wildman–Crippen LogP) is 1.72. The van der Waals surface area contributed by atoms with Crippen molar-refractivity contribution in [3.63, 3.8) is 0 Å². The summed E-state index contributed by atoms with van der Waals surface area (Å²) in [6.45, 7) is 2.01. The standard InChI is InChI=1S/C12H20N4/c1-8-14-15-12(16(8)2)11-7-9-5-3-4-6-10(9)13-11/h9-11,13H,3-7H2,1-2H3. The summed E-state index contributed by atoms with van der Waals surface area (Å²) >= 11 is 0. The molecule has 0 spiro atoms. The van der Waals surface area contributed by atoms with E-state index >= 15 is 0 Å². The average Bonchev–Trinajstić information content (AvgIpc) is 2.84. The Balaban J connectivity index is 1.80. The highest BCUT2D eigenvalue weighted by Gasteiger charge is 2.37. The fourth-order valence-electron chi connectivity index (χ4n) is 3.25. The number of rotatable bonds is 1.